The number of rotatable bonds is 6. The van der Waals surface area contributed by atoms with Gasteiger partial charge in [0.15, 0.2) is 0 Å². The summed E-state index contributed by atoms with van der Waals surface area (Å²) < 4.78 is 19.5. The number of carbonyl (C=O) groups is 3. The molecular weight excluding hydrogens is 355 g/mol. The van der Waals surface area contributed by atoms with E-state index in [-0.39, 0.29) is 48.8 Å². The normalized spacial score (nSPS) is 18.6. The third-order valence-electron chi connectivity index (χ3n) is 4.84. The van der Waals surface area contributed by atoms with Gasteiger partial charge >= 0.3 is 0 Å². The van der Waals surface area contributed by atoms with Gasteiger partial charge in [-0.25, -0.2) is 4.39 Å². The average Bonchev–Trinajstić information content (AvgIpc) is 2.59. The number of carbonyl (C=O) groups excluding carboxylic acids is 3. The number of nitrogens with two attached hydrogens (primary N) is 1. The van der Waals surface area contributed by atoms with Gasteiger partial charge in [-0.05, 0) is 31.0 Å². The first kappa shape index (κ1) is 19.2. The van der Waals surface area contributed by atoms with E-state index in [9.17, 15) is 18.8 Å². The van der Waals surface area contributed by atoms with Crippen LogP contribution >= 0.6 is 0 Å². The summed E-state index contributed by atoms with van der Waals surface area (Å²) in [5.74, 6) is -1.71. The van der Waals surface area contributed by atoms with Crippen molar-refractivity contribution < 1.29 is 23.5 Å². The Morgan fingerprint density at radius 1 is 1.37 bits per heavy atom. The quantitative estimate of drug-likeness (QED) is 0.662. The predicted molar refractivity (Wildman–Crippen MR) is 96.5 cm³/mol. The molecule has 0 spiro atoms. The maximum Gasteiger partial charge on any atom is 0.253 e. The minimum Gasteiger partial charge on any atom is -0.370 e. The molecule has 0 bridgehead atoms. The van der Waals surface area contributed by atoms with Crippen LogP contribution in [0.2, 0.25) is 0 Å². The molecule has 2 fully saturated rings. The summed E-state index contributed by atoms with van der Waals surface area (Å²) in [4.78, 5) is 37.5. The predicted octanol–water partition coefficient (Wildman–Crippen LogP) is 0.371. The first-order chi connectivity index (χ1) is 13.0. The fourth-order valence-corrected chi connectivity index (χ4v) is 3.00. The van der Waals surface area contributed by atoms with Crippen molar-refractivity contribution in [1.29, 1.82) is 0 Å². The highest BCUT2D eigenvalue weighted by Crippen LogP contribution is 2.26. The fourth-order valence-electron chi connectivity index (χ4n) is 3.00. The monoisotopic (exact) mass is 378 g/mol. The van der Waals surface area contributed by atoms with Crippen molar-refractivity contribution in [1.82, 2.24) is 5.32 Å². The number of ether oxygens (including phenoxy) is 1. The molecule has 146 valence electrons. The fraction of sp³-hybridized carbons (Fsp3) is 0.500. The zero-order valence-corrected chi connectivity index (χ0v) is 14.9. The Kier molecular flexibility index (Phi) is 6.02. The minimum absolute atomic E-state index is 0.0605. The maximum absolute atomic E-state index is 14.4. The molecule has 3 rings (SSSR count). The Morgan fingerprint density at radius 3 is 2.74 bits per heavy atom. The third kappa shape index (κ3) is 4.42. The second kappa shape index (κ2) is 8.45. The number of nitrogens with zero attached hydrogens (tertiary/aromatic N) is 1. The second-order valence-corrected chi connectivity index (χ2v) is 6.68. The van der Waals surface area contributed by atoms with Crippen molar-refractivity contribution in [3.8, 4) is 0 Å². The SMILES string of the molecule is NC[C@@H](NC(=O)C1CCC1)C(=O)Nc1ccc(N2CCOCC2=O)c(F)c1. The summed E-state index contributed by atoms with van der Waals surface area (Å²) in [5, 5.41) is 5.19. The van der Waals surface area contributed by atoms with Gasteiger partial charge in [-0.1, -0.05) is 6.42 Å². The first-order valence-corrected chi connectivity index (χ1v) is 8.98. The highest BCUT2D eigenvalue weighted by atomic mass is 19.1. The van der Waals surface area contributed by atoms with Crippen LogP contribution in [0.4, 0.5) is 15.8 Å². The Morgan fingerprint density at radius 2 is 2.15 bits per heavy atom. The molecule has 9 heteroatoms. The van der Waals surface area contributed by atoms with E-state index in [4.69, 9.17) is 10.5 Å². The largest absolute Gasteiger partial charge is 0.370 e. The molecule has 1 atom stereocenters. The molecule has 3 amide bonds. The van der Waals surface area contributed by atoms with Gasteiger partial charge < -0.3 is 26.0 Å². The summed E-state index contributed by atoms with van der Waals surface area (Å²) in [6.07, 6.45) is 2.64. The average molecular weight is 378 g/mol. The lowest BCUT2D eigenvalue weighted by Gasteiger charge is -2.27. The highest BCUT2D eigenvalue weighted by Gasteiger charge is 2.29. The zero-order chi connectivity index (χ0) is 19.4. The van der Waals surface area contributed by atoms with E-state index in [1.165, 1.54) is 17.0 Å². The lowest BCUT2D eigenvalue weighted by atomic mass is 9.84. The van der Waals surface area contributed by atoms with Gasteiger partial charge in [0.2, 0.25) is 11.8 Å². The summed E-state index contributed by atoms with van der Waals surface area (Å²) in [7, 11) is 0. The maximum atomic E-state index is 14.4. The third-order valence-corrected chi connectivity index (χ3v) is 4.84. The summed E-state index contributed by atoms with van der Waals surface area (Å²) in [6, 6.07) is 3.18. The molecule has 0 unspecified atom stereocenters. The van der Waals surface area contributed by atoms with Crippen molar-refractivity contribution in [2.75, 3.05) is 36.5 Å². The van der Waals surface area contributed by atoms with E-state index in [1.807, 2.05) is 0 Å². The van der Waals surface area contributed by atoms with Crippen LogP contribution in [-0.2, 0) is 19.1 Å². The van der Waals surface area contributed by atoms with Crippen molar-refractivity contribution in [2.24, 2.45) is 11.7 Å². The Bertz CT molecular complexity index is 738. The molecule has 1 aliphatic heterocycles. The van der Waals surface area contributed by atoms with E-state index in [1.54, 1.807) is 0 Å². The number of amides is 3. The zero-order valence-electron chi connectivity index (χ0n) is 14.9. The summed E-state index contributed by atoms with van der Waals surface area (Å²) in [5.41, 5.74) is 5.95. The number of nitrogens with one attached hydrogen (secondary N) is 2. The minimum atomic E-state index is -0.887. The number of morpholine rings is 1. The van der Waals surface area contributed by atoms with Crippen LogP contribution in [-0.4, -0.2) is 50.1 Å². The van der Waals surface area contributed by atoms with Gasteiger partial charge in [-0.2, -0.15) is 0 Å². The lowest BCUT2D eigenvalue weighted by molar-refractivity contribution is -0.131. The Hall–Kier alpha value is -2.52. The van der Waals surface area contributed by atoms with E-state index in [0.29, 0.717) is 6.61 Å². The standard InChI is InChI=1S/C18H23FN4O4/c19-13-8-12(4-5-15(13)23-6-7-27-10-16(23)24)21-18(26)14(9-20)22-17(25)11-2-1-3-11/h4-5,8,11,14H,1-3,6-7,9-10,20H2,(H,21,26)(H,22,25)/t14-/m1/s1. The lowest BCUT2D eigenvalue weighted by Crippen LogP contribution is -2.50. The van der Waals surface area contributed by atoms with E-state index in [2.05, 4.69) is 10.6 Å². The van der Waals surface area contributed by atoms with Crippen LogP contribution in [0, 0.1) is 11.7 Å². The number of hydrogen-bond donors (Lipinski definition) is 3. The summed E-state index contributed by atoms with van der Waals surface area (Å²) >= 11 is 0. The second-order valence-electron chi connectivity index (χ2n) is 6.68. The number of halogens is 1. The molecule has 2 aliphatic rings. The van der Waals surface area contributed by atoms with Crippen LogP contribution in [0.3, 0.4) is 0 Å². The van der Waals surface area contributed by atoms with Crippen LogP contribution < -0.4 is 21.3 Å². The number of hydrogen-bond acceptors (Lipinski definition) is 5. The molecular formula is C18H23FN4O4. The highest BCUT2D eigenvalue weighted by molar-refractivity contribution is 5.98. The topological polar surface area (TPSA) is 114 Å². The van der Waals surface area contributed by atoms with Crippen LogP contribution in [0.5, 0.6) is 0 Å². The van der Waals surface area contributed by atoms with Crippen LogP contribution in [0.1, 0.15) is 19.3 Å². The molecule has 1 aliphatic carbocycles. The van der Waals surface area contributed by atoms with Gasteiger partial charge in [0.05, 0.1) is 12.3 Å². The summed E-state index contributed by atoms with van der Waals surface area (Å²) in [6.45, 7) is 0.455. The molecule has 27 heavy (non-hydrogen) atoms. The Labute approximate surface area is 156 Å². The van der Waals surface area contributed by atoms with Crippen molar-refractivity contribution >= 4 is 29.1 Å². The Balaban J connectivity index is 1.63. The van der Waals surface area contributed by atoms with Gasteiger partial charge in [0, 0.05) is 24.7 Å². The molecule has 0 aromatic heterocycles. The first-order valence-electron chi connectivity index (χ1n) is 8.98. The van der Waals surface area contributed by atoms with E-state index < -0.39 is 17.8 Å². The van der Waals surface area contributed by atoms with Crippen molar-refractivity contribution in [3.63, 3.8) is 0 Å². The molecule has 1 aromatic carbocycles. The van der Waals surface area contributed by atoms with Crippen LogP contribution in [0.15, 0.2) is 18.2 Å². The van der Waals surface area contributed by atoms with Crippen LogP contribution in [0.25, 0.3) is 0 Å². The molecule has 0 radical (unpaired) electrons. The van der Waals surface area contributed by atoms with Gasteiger partial charge in [0.25, 0.3) is 5.91 Å². The molecule has 1 aromatic rings. The van der Waals surface area contributed by atoms with Crippen molar-refractivity contribution in [3.05, 3.63) is 24.0 Å². The van der Waals surface area contributed by atoms with Gasteiger partial charge in [0.1, 0.15) is 18.5 Å². The number of benzene rings is 1. The van der Waals surface area contributed by atoms with Crippen molar-refractivity contribution in [2.45, 2.75) is 25.3 Å². The molecule has 1 heterocycles. The molecule has 8 nitrogen and oxygen atoms in total. The van der Waals surface area contributed by atoms with E-state index >= 15 is 0 Å². The van der Waals surface area contributed by atoms with E-state index in [0.717, 1.165) is 25.3 Å². The number of anilines is 2. The smallest absolute Gasteiger partial charge is 0.253 e. The van der Waals surface area contributed by atoms with Gasteiger partial charge in [-0.3, -0.25) is 14.4 Å². The molecule has 4 N–H and O–H groups in total. The van der Waals surface area contributed by atoms with Gasteiger partial charge in [-0.15, -0.1) is 0 Å². The molecule has 1 saturated carbocycles. The molecule has 1 saturated heterocycles.